The molecule has 2 heterocycles. The summed E-state index contributed by atoms with van der Waals surface area (Å²) in [6.07, 6.45) is 1.46. The van der Waals surface area contributed by atoms with E-state index in [0.717, 1.165) is 16.5 Å². The second-order valence-electron chi connectivity index (χ2n) is 5.98. The van der Waals surface area contributed by atoms with Crippen molar-refractivity contribution in [2.45, 2.75) is 6.92 Å². The van der Waals surface area contributed by atoms with E-state index in [1.807, 2.05) is 25.1 Å². The SMILES string of the molecule is Cc1ccc2cc(C(=O)NNC(=O)c3ccc(-n4cnnn4)cc3)[nH]c2c1. The Hall–Kier alpha value is -4.01. The molecular formula is C18H15N7O2. The predicted molar refractivity (Wildman–Crippen MR) is 97.1 cm³/mol. The van der Waals surface area contributed by atoms with Gasteiger partial charge in [-0.2, -0.15) is 0 Å². The van der Waals surface area contributed by atoms with E-state index in [1.54, 1.807) is 30.3 Å². The highest BCUT2D eigenvalue weighted by atomic mass is 16.2. The molecule has 27 heavy (non-hydrogen) atoms. The van der Waals surface area contributed by atoms with Crippen molar-refractivity contribution in [2.75, 3.05) is 0 Å². The molecule has 2 aromatic carbocycles. The van der Waals surface area contributed by atoms with E-state index in [-0.39, 0.29) is 0 Å². The van der Waals surface area contributed by atoms with Crippen LogP contribution in [-0.4, -0.2) is 37.0 Å². The van der Waals surface area contributed by atoms with Gasteiger partial charge in [-0.3, -0.25) is 20.4 Å². The van der Waals surface area contributed by atoms with Gasteiger partial charge in [0.05, 0.1) is 5.69 Å². The Kier molecular flexibility index (Phi) is 4.09. The van der Waals surface area contributed by atoms with Crippen LogP contribution in [0.15, 0.2) is 54.9 Å². The average Bonchev–Trinajstić information content (AvgIpc) is 3.35. The molecule has 0 saturated carbocycles. The van der Waals surface area contributed by atoms with Crippen molar-refractivity contribution in [3.8, 4) is 5.69 Å². The number of hydrogen-bond acceptors (Lipinski definition) is 5. The molecule has 4 rings (SSSR count). The number of benzene rings is 2. The number of carbonyl (C=O) groups is 2. The predicted octanol–water partition coefficient (Wildman–Crippen LogP) is 1.53. The van der Waals surface area contributed by atoms with Crippen LogP contribution in [0.5, 0.6) is 0 Å². The maximum absolute atomic E-state index is 12.3. The van der Waals surface area contributed by atoms with Crippen molar-refractivity contribution in [3.63, 3.8) is 0 Å². The van der Waals surface area contributed by atoms with Gasteiger partial charge in [-0.25, -0.2) is 4.68 Å². The maximum Gasteiger partial charge on any atom is 0.286 e. The molecule has 0 radical (unpaired) electrons. The lowest BCUT2D eigenvalue weighted by Gasteiger charge is -2.07. The Balaban J connectivity index is 1.41. The second kappa shape index (κ2) is 6.71. The van der Waals surface area contributed by atoms with Crippen molar-refractivity contribution >= 4 is 22.7 Å². The number of aryl methyl sites for hydroxylation is 1. The molecule has 9 nitrogen and oxygen atoms in total. The fourth-order valence-corrected chi connectivity index (χ4v) is 2.66. The summed E-state index contributed by atoms with van der Waals surface area (Å²) in [4.78, 5) is 27.5. The lowest BCUT2D eigenvalue weighted by atomic mass is 10.2. The highest BCUT2D eigenvalue weighted by molar-refractivity contribution is 6.00. The largest absolute Gasteiger partial charge is 0.350 e. The number of tetrazole rings is 1. The van der Waals surface area contributed by atoms with Crippen LogP contribution >= 0.6 is 0 Å². The summed E-state index contributed by atoms with van der Waals surface area (Å²) in [7, 11) is 0. The fraction of sp³-hybridized carbons (Fsp3) is 0.0556. The molecule has 0 aliphatic heterocycles. The van der Waals surface area contributed by atoms with Gasteiger partial charge in [-0.1, -0.05) is 12.1 Å². The van der Waals surface area contributed by atoms with E-state index >= 15 is 0 Å². The molecule has 2 amide bonds. The van der Waals surface area contributed by atoms with E-state index < -0.39 is 11.8 Å². The van der Waals surface area contributed by atoms with Crippen LogP contribution in [-0.2, 0) is 0 Å². The zero-order chi connectivity index (χ0) is 18.8. The van der Waals surface area contributed by atoms with E-state index in [0.29, 0.717) is 16.9 Å². The van der Waals surface area contributed by atoms with Gasteiger partial charge in [-0.05, 0) is 59.3 Å². The van der Waals surface area contributed by atoms with Crippen molar-refractivity contribution in [1.29, 1.82) is 0 Å². The minimum Gasteiger partial charge on any atom is -0.350 e. The van der Waals surface area contributed by atoms with Gasteiger partial charge in [0.1, 0.15) is 12.0 Å². The van der Waals surface area contributed by atoms with E-state index in [2.05, 4.69) is 31.4 Å². The fourth-order valence-electron chi connectivity index (χ4n) is 2.66. The molecule has 0 aliphatic rings. The summed E-state index contributed by atoms with van der Waals surface area (Å²) in [5.74, 6) is -0.860. The topological polar surface area (TPSA) is 118 Å². The Morgan fingerprint density at radius 1 is 1.00 bits per heavy atom. The summed E-state index contributed by atoms with van der Waals surface area (Å²) in [5, 5.41) is 11.8. The molecule has 3 N–H and O–H groups in total. The first-order chi connectivity index (χ1) is 13.1. The zero-order valence-corrected chi connectivity index (χ0v) is 14.3. The summed E-state index contributed by atoms with van der Waals surface area (Å²) in [6.45, 7) is 1.98. The summed E-state index contributed by atoms with van der Waals surface area (Å²) in [5.41, 5.74) is 8.24. The third kappa shape index (κ3) is 3.38. The molecule has 0 bridgehead atoms. The number of aromatic nitrogens is 5. The molecule has 0 saturated heterocycles. The van der Waals surface area contributed by atoms with Gasteiger partial charge in [0.2, 0.25) is 0 Å². The molecule has 2 aromatic heterocycles. The Morgan fingerprint density at radius 3 is 2.52 bits per heavy atom. The number of nitrogens with one attached hydrogen (secondary N) is 3. The molecule has 0 aliphatic carbocycles. The summed E-state index contributed by atoms with van der Waals surface area (Å²) < 4.78 is 1.47. The third-order valence-electron chi connectivity index (χ3n) is 4.06. The molecule has 4 aromatic rings. The van der Waals surface area contributed by atoms with Crippen molar-refractivity contribution in [1.82, 2.24) is 36.0 Å². The summed E-state index contributed by atoms with van der Waals surface area (Å²) in [6, 6.07) is 14.2. The van der Waals surface area contributed by atoms with Gasteiger partial charge < -0.3 is 4.98 Å². The number of nitrogens with zero attached hydrogens (tertiary/aromatic N) is 4. The third-order valence-corrected chi connectivity index (χ3v) is 4.06. The number of hydrazine groups is 1. The Bertz CT molecular complexity index is 1110. The van der Waals surface area contributed by atoms with Gasteiger partial charge >= 0.3 is 0 Å². The van der Waals surface area contributed by atoms with Gasteiger partial charge in [0.15, 0.2) is 0 Å². The highest BCUT2D eigenvalue weighted by Crippen LogP contribution is 2.16. The second-order valence-corrected chi connectivity index (χ2v) is 5.98. The Labute approximate surface area is 153 Å². The van der Waals surface area contributed by atoms with Crippen molar-refractivity contribution < 1.29 is 9.59 Å². The van der Waals surface area contributed by atoms with Gasteiger partial charge in [-0.15, -0.1) is 5.10 Å². The van der Waals surface area contributed by atoms with Crippen LogP contribution in [0, 0.1) is 6.92 Å². The van der Waals surface area contributed by atoms with Gasteiger partial charge in [0, 0.05) is 16.5 Å². The minimum atomic E-state index is -0.432. The normalized spacial score (nSPS) is 10.7. The maximum atomic E-state index is 12.3. The molecule has 0 unspecified atom stereocenters. The number of carbonyl (C=O) groups excluding carboxylic acids is 2. The Morgan fingerprint density at radius 2 is 1.78 bits per heavy atom. The number of aromatic amines is 1. The zero-order valence-electron chi connectivity index (χ0n) is 14.3. The van der Waals surface area contributed by atoms with Gasteiger partial charge in [0.25, 0.3) is 11.8 Å². The monoisotopic (exact) mass is 361 g/mol. The molecule has 0 fully saturated rings. The first kappa shape index (κ1) is 16.5. The lowest BCUT2D eigenvalue weighted by Crippen LogP contribution is -2.41. The smallest absolute Gasteiger partial charge is 0.286 e. The van der Waals surface area contributed by atoms with E-state index in [4.69, 9.17) is 0 Å². The first-order valence-corrected chi connectivity index (χ1v) is 8.14. The quantitative estimate of drug-likeness (QED) is 0.478. The lowest BCUT2D eigenvalue weighted by molar-refractivity contribution is 0.0844. The standard InChI is InChI=1S/C18H15N7O2/c1-11-2-3-13-9-16(20-15(13)8-11)18(27)22-21-17(26)12-4-6-14(7-5-12)25-10-19-23-24-25/h2-10,20H,1H3,(H,21,26)(H,22,27). The number of rotatable bonds is 3. The van der Waals surface area contributed by atoms with Crippen LogP contribution in [0.25, 0.3) is 16.6 Å². The highest BCUT2D eigenvalue weighted by Gasteiger charge is 2.12. The minimum absolute atomic E-state index is 0.366. The first-order valence-electron chi connectivity index (χ1n) is 8.14. The number of H-pyrrole nitrogens is 1. The molecule has 134 valence electrons. The molecular weight excluding hydrogens is 346 g/mol. The van der Waals surface area contributed by atoms with Crippen LogP contribution in [0.2, 0.25) is 0 Å². The number of fused-ring (bicyclic) bond motifs is 1. The molecule has 9 heteroatoms. The molecule has 0 atom stereocenters. The van der Waals surface area contributed by atoms with E-state index in [1.165, 1.54) is 11.0 Å². The van der Waals surface area contributed by atoms with Crippen molar-refractivity contribution in [3.05, 3.63) is 71.7 Å². The number of amides is 2. The van der Waals surface area contributed by atoms with Crippen LogP contribution in [0.1, 0.15) is 26.4 Å². The summed E-state index contributed by atoms with van der Waals surface area (Å²) >= 11 is 0. The van der Waals surface area contributed by atoms with Crippen molar-refractivity contribution in [2.24, 2.45) is 0 Å². The van der Waals surface area contributed by atoms with E-state index in [9.17, 15) is 9.59 Å². The van der Waals surface area contributed by atoms with Crippen LogP contribution in [0.4, 0.5) is 0 Å². The van der Waals surface area contributed by atoms with Crippen LogP contribution in [0.3, 0.4) is 0 Å². The molecule has 0 spiro atoms. The number of hydrogen-bond donors (Lipinski definition) is 3. The van der Waals surface area contributed by atoms with Crippen LogP contribution < -0.4 is 10.9 Å². The average molecular weight is 361 g/mol.